The molecule has 20 heavy (non-hydrogen) atoms. The van der Waals surface area contributed by atoms with E-state index < -0.39 is 10.1 Å². The molecule has 2 aromatic rings. The Morgan fingerprint density at radius 2 is 1.65 bits per heavy atom. The first kappa shape index (κ1) is 14.7. The Morgan fingerprint density at radius 1 is 1.05 bits per heavy atom. The molecule has 0 aliphatic heterocycles. The van der Waals surface area contributed by atoms with Crippen LogP contribution in [0.15, 0.2) is 47.4 Å². The molecular formula is C13H7Cl2NO3S. The molecule has 4 nitrogen and oxygen atoms in total. The first-order valence-corrected chi connectivity index (χ1v) is 7.49. The van der Waals surface area contributed by atoms with Crippen molar-refractivity contribution < 1.29 is 12.6 Å². The smallest absolute Gasteiger partial charge is 0.342 e. The molecule has 7 heteroatoms. The van der Waals surface area contributed by atoms with E-state index in [1.807, 2.05) is 6.07 Å². The van der Waals surface area contributed by atoms with E-state index in [1.165, 1.54) is 42.5 Å². The van der Waals surface area contributed by atoms with Gasteiger partial charge in [-0.25, -0.2) is 0 Å². The second kappa shape index (κ2) is 5.71. The van der Waals surface area contributed by atoms with Crippen molar-refractivity contribution in [3.8, 4) is 11.8 Å². The van der Waals surface area contributed by atoms with Gasteiger partial charge in [-0.2, -0.15) is 13.7 Å². The van der Waals surface area contributed by atoms with E-state index in [4.69, 9.17) is 32.6 Å². The normalized spacial score (nSPS) is 10.8. The molecule has 2 aromatic carbocycles. The zero-order valence-corrected chi connectivity index (χ0v) is 12.2. The molecule has 0 saturated heterocycles. The number of halogens is 2. The molecule has 0 aliphatic rings. The Morgan fingerprint density at radius 3 is 2.25 bits per heavy atom. The third kappa shape index (κ3) is 3.05. The van der Waals surface area contributed by atoms with Gasteiger partial charge in [0.25, 0.3) is 0 Å². The third-order valence-corrected chi connectivity index (χ3v) is 4.54. The molecule has 0 unspecified atom stereocenters. The van der Waals surface area contributed by atoms with Gasteiger partial charge in [0.2, 0.25) is 0 Å². The Balaban J connectivity index is 2.44. The lowest BCUT2D eigenvalue weighted by Crippen LogP contribution is -2.11. The molecule has 102 valence electrons. The standard InChI is InChI=1S/C13H7Cl2NO3S/c14-11-5-2-6-12(15)13(11)20(17,18)19-10-4-1-3-9(7-10)8-16/h1-7H. The second-order valence-electron chi connectivity index (χ2n) is 3.73. The highest BCUT2D eigenvalue weighted by Crippen LogP contribution is 2.31. The Hall–Kier alpha value is -1.74. The van der Waals surface area contributed by atoms with Crippen LogP contribution in [-0.4, -0.2) is 8.42 Å². The quantitative estimate of drug-likeness (QED) is 0.807. The first-order chi connectivity index (χ1) is 9.44. The van der Waals surface area contributed by atoms with Crippen LogP contribution in [0.4, 0.5) is 0 Å². The number of benzene rings is 2. The SMILES string of the molecule is N#Cc1cccc(OS(=O)(=O)c2c(Cl)cccc2Cl)c1. The van der Waals surface area contributed by atoms with Gasteiger partial charge in [-0.3, -0.25) is 0 Å². The van der Waals surface area contributed by atoms with Gasteiger partial charge >= 0.3 is 10.1 Å². The van der Waals surface area contributed by atoms with Crippen molar-refractivity contribution in [2.75, 3.05) is 0 Å². The van der Waals surface area contributed by atoms with Crippen LogP contribution in [0.1, 0.15) is 5.56 Å². The molecule has 0 saturated carbocycles. The number of hydrogen-bond donors (Lipinski definition) is 0. The molecule has 0 N–H and O–H groups in total. The lowest BCUT2D eigenvalue weighted by atomic mass is 10.2. The van der Waals surface area contributed by atoms with E-state index in [1.54, 1.807) is 0 Å². The molecule has 0 aliphatic carbocycles. The van der Waals surface area contributed by atoms with Gasteiger partial charge in [0.1, 0.15) is 10.6 Å². The predicted octanol–water partition coefficient (Wildman–Crippen LogP) is 3.63. The van der Waals surface area contributed by atoms with Crippen LogP contribution >= 0.6 is 23.2 Å². The Bertz CT molecular complexity index is 777. The molecule has 0 fully saturated rings. The van der Waals surface area contributed by atoms with Crippen LogP contribution in [-0.2, 0) is 10.1 Å². The van der Waals surface area contributed by atoms with E-state index in [-0.39, 0.29) is 26.3 Å². The summed E-state index contributed by atoms with van der Waals surface area (Å²) in [6.07, 6.45) is 0. The molecule has 0 atom stereocenters. The average molecular weight is 328 g/mol. The van der Waals surface area contributed by atoms with Gasteiger partial charge in [0, 0.05) is 0 Å². The van der Waals surface area contributed by atoms with Crippen molar-refractivity contribution in [2.45, 2.75) is 4.90 Å². The van der Waals surface area contributed by atoms with Crippen molar-refractivity contribution in [3.63, 3.8) is 0 Å². The summed E-state index contributed by atoms with van der Waals surface area (Å²) in [7, 11) is -4.17. The van der Waals surface area contributed by atoms with Crippen molar-refractivity contribution in [1.29, 1.82) is 5.26 Å². The molecule has 0 aromatic heterocycles. The summed E-state index contributed by atoms with van der Waals surface area (Å²) >= 11 is 11.7. The summed E-state index contributed by atoms with van der Waals surface area (Å²) in [5.74, 6) is 0.0139. The third-order valence-electron chi connectivity index (χ3n) is 2.34. The Labute approximate surface area is 126 Å². The highest BCUT2D eigenvalue weighted by molar-refractivity contribution is 7.87. The number of nitrogens with zero attached hydrogens (tertiary/aromatic N) is 1. The monoisotopic (exact) mass is 327 g/mol. The summed E-state index contributed by atoms with van der Waals surface area (Å²) in [6.45, 7) is 0. The summed E-state index contributed by atoms with van der Waals surface area (Å²) in [6, 6.07) is 12.0. The largest absolute Gasteiger partial charge is 0.379 e. The topological polar surface area (TPSA) is 67.2 Å². The average Bonchev–Trinajstić information content (AvgIpc) is 2.37. The molecular weight excluding hydrogens is 321 g/mol. The van der Waals surface area contributed by atoms with Gasteiger partial charge in [0.05, 0.1) is 21.7 Å². The summed E-state index contributed by atoms with van der Waals surface area (Å²) < 4.78 is 29.3. The van der Waals surface area contributed by atoms with Gasteiger partial charge in [-0.05, 0) is 30.3 Å². The molecule has 2 rings (SSSR count). The number of hydrogen-bond acceptors (Lipinski definition) is 4. The summed E-state index contributed by atoms with van der Waals surface area (Å²) in [4.78, 5) is -0.300. The fourth-order valence-corrected chi connectivity index (χ4v) is 3.53. The second-order valence-corrected chi connectivity index (χ2v) is 6.03. The van der Waals surface area contributed by atoms with Crippen LogP contribution in [0, 0.1) is 11.3 Å². The van der Waals surface area contributed by atoms with Gasteiger partial charge in [-0.1, -0.05) is 35.3 Å². The first-order valence-electron chi connectivity index (χ1n) is 5.33. The summed E-state index contributed by atoms with van der Waals surface area (Å²) in [5, 5.41) is 8.70. The predicted molar refractivity (Wildman–Crippen MR) is 75.4 cm³/mol. The van der Waals surface area contributed by atoms with E-state index >= 15 is 0 Å². The molecule has 0 bridgehead atoms. The zero-order valence-electron chi connectivity index (χ0n) is 9.88. The highest BCUT2D eigenvalue weighted by atomic mass is 35.5. The maximum Gasteiger partial charge on any atom is 0.342 e. The van der Waals surface area contributed by atoms with Gasteiger partial charge < -0.3 is 4.18 Å². The van der Waals surface area contributed by atoms with Crippen molar-refractivity contribution in [3.05, 3.63) is 58.1 Å². The Kier molecular flexibility index (Phi) is 4.19. The van der Waals surface area contributed by atoms with Crippen LogP contribution in [0.3, 0.4) is 0 Å². The summed E-state index contributed by atoms with van der Waals surface area (Å²) in [5.41, 5.74) is 0.281. The molecule has 0 amide bonds. The number of nitriles is 1. The minimum Gasteiger partial charge on any atom is -0.379 e. The van der Waals surface area contributed by atoms with E-state index in [2.05, 4.69) is 0 Å². The van der Waals surface area contributed by atoms with Crippen LogP contribution < -0.4 is 4.18 Å². The van der Waals surface area contributed by atoms with E-state index in [9.17, 15) is 8.42 Å². The van der Waals surface area contributed by atoms with Gasteiger partial charge in [-0.15, -0.1) is 0 Å². The maximum absolute atomic E-state index is 12.2. The molecule has 0 radical (unpaired) electrons. The lowest BCUT2D eigenvalue weighted by molar-refractivity contribution is 0.486. The molecule has 0 spiro atoms. The number of rotatable bonds is 3. The van der Waals surface area contributed by atoms with Crippen molar-refractivity contribution in [2.24, 2.45) is 0 Å². The van der Waals surface area contributed by atoms with Crippen molar-refractivity contribution in [1.82, 2.24) is 0 Å². The lowest BCUT2D eigenvalue weighted by Gasteiger charge is -2.09. The van der Waals surface area contributed by atoms with Crippen LogP contribution in [0.5, 0.6) is 5.75 Å². The van der Waals surface area contributed by atoms with Crippen molar-refractivity contribution >= 4 is 33.3 Å². The van der Waals surface area contributed by atoms with Gasteiger partial charge in [0.15, 0.2) is 0 Å². The molecule has 0 heterocycles. The minimum atomic E-state index is -4.17. The minimum absolute atomic E-state index is 0.0139. The van der Waals surface area contributed by atoms with E-state index in [0.717, 1.165) is 0 Å². The van der Waals surface area contributed by atoms with Crippen LogP contribution in [0.2, 0.25) is 10.0 Å². The fraction of sp³-hybridized carbons (Fsp3) is 0. The maximum atomic E-state index is 12.2. The highest BCUT2D eigenvalue weighted by Gasteiger charge is 2.23. The van der Waals surface area contributed by atoms with E-state index in [0.29, 0.717) is 0 Å². The van der Waals surface area contributed by atoms with Crippen LogP contribution in [0.25, 0.3) is 0 Å². The zero-order chi connectivity index (χ0) is 14.8. The fourth-order valence-electron chi connectivity index (χ4n) is 1.51.